The highest BCUT2D eigenvalue weighted by Crippen LogP contribution is 2.27. The Hall–Kier alpha value is -1.90. The second-order valence-electron chi connectivity index (χ2n) is 8.00. The largest absolute Gasteiger partial charge is 0.371 e. The van der Waals surface area contributed by atoms with Crippen LogP contribution in [0, 0.1) is 5.92 Å². The van der Waals surface area contributed by atoms with Crippen LogP contribution in [0.1, 0.15) is 31.2 Å². The number of hydrogen-bond acceptors (Lipinski definition) is 5. The highest BCUT2D eigenvalue weighted by molar-refractivity contribution is 7.91. The van der Waals surface area contributed by atoms with Crippen LogP contribution in [0.25, 0.3) is 0 Å². The summed E-state index contributed by atoms with van der Waals surface area (Å²) >= 11 is 1.22. The van der Waals surface area contributed by atoms with Gasteiger partial charge in [-0.05, 0) is 55.2 Å². The number of carbonyl (C=O) groups is 1. The van der Waals surface area contributed by atoms with Crippen LogP contribution in [-0.4, -0.2) is 51.4 Å². The van der Waals surface area contributed by atoms with E-state index in [9.17, 15) is 13.2 Å². The molecule has 0 saturated carbocycles. The highest BCUT2D eigenvalue weighted by Gasteiger charge is 2.33. The van der Waals surface area contributed by atoms with Gasteiger partial charge in [-0.25, -0.2) is 8.42 Å². The Morgan fingerprint density at radius 3 is 2.83 bits per heavy atom. The number of aryl methyl sites for hydroxylation is 1. The molecule has 1 atom stereocenters. The van der Waals surface area contributed by atoms with Gasteiger partial charge in [-0.3, -0.25) is 4.79 Å². The quantitative estimate of drug-likeness (QED) is 0.662. The topological polar surface area (TPSA) is 69.7 Å². The summed E-state index contributed by atoms with van der Waals surface area (Å²) in [5.41, 5.74) is 2.72. The maximum atomic E-state index is 12.8. The first kappa shape index (κ1) is 21.3. The number of sulfonamides is 1. The maximum Gasteiger partial charge on any atom is 0.252 e. The van der Waals surface area contributed by atoms with Gasteiger partial charge in [-0.15, -0.1) is 11.3 Å². The molecule has 0 spiro atoms. The van der Waals surface area contributed by atoms with Crippen LogP contribution >= 0.6 is 11.3 Å². The van der Waals surface area contributed by atoms with Gasteiger partial charge in [0.15, 0.2) is 0 Å². The van der Waals surface area contributed by atoms with Crippen molar-refractivity contribution in [2.45, 2.75) is 36.3 Å². The van der Waals surface area contributed by atoms with Gasteiger partial charge in [0.1, 0.15) is 4.21 Å². The predicted molar refractivity (Wildman–Crippen MR) is 120 cm³/mol. The summed E-state index contributed by atoms with van der Waals surface area (Å²) < 4.78 is 27.3. The number of carbonyl (C=O) groups excluding carboxylic acids is 1. The number of hydrogen-bond donors (Lipinski definition) is 1. The van der Waals surface area contributed by atoms with Gasteiger partial charge in [0.05, 0.1) is 5.92 Å². The molecule has 2 aliphatic rings. The van der Waals surface area contributed by atoms with E-state index in [0.29, 0.717) is 23.7 Å². The van der Waals surface area contributed by atoms with Crippen molar-refractivity contribution >= 4 is 33.0 Å². The number of nitrogens with zero attached hydrogens (tertiary/aromatic N) is 2. The Balaban J connectivity index is 1.26. The molecule has 8 heteroatoms. The summed E-state index contributed by atoms with van der Waals surface area (Å²) in [5, 5.41) is 4.80. The summed E-state index contributed by atoms with van der Waals surface area (Å²) in [4.78, 5) is 15.1. The van der Waals surface area contributed by atoms with Crippen LogP contribution in [0.15, 0.2) is 46.0 Å². The summed E-state index contributed by atoms with van der Waals surface area (Å²) in [6, 6.07) is 11.9. The number of anilines is 1. The fourth-order valence-electron chi connectivity index (χ4n) is 4.38. The average Bonchev–Trinajstić information content (AvgIpc) is 3.33. The lowest BCUT2D eigenvalue weighted by atomic mass is 9.99. The molecule has 1 fully saturated rings. The molecular weight excluding hydrogens is 418 g/mol. The zero-order valence-electron chi connectivity index (χ0n) is 17.1. The third-order valence-corrected chi connectivity index (χ3v) is 9.19. The Labute approximate surface area is 182 Å². The standard InChI is InChI=1S/C22H29N3O3S2/c26-22(19-9-4-15-25(17-19)30(27,28)21-11-5-16-29-21)23-12-6-14-24-13-3-8-18-7-1-2-10-20(18)24/h1-2,5,7,10-11,16,19H,3-4,6,8-9,12-15,17H2,(H,23,26)/t19-/m0/s1. The van der Waals surface area contributed by atoms with Crippen LogP contribution < -0.4 is 10.2 Å². The van der Waals surface area contributed by atoms with Crippen molar-refractivity contribution in [1.82, 2.24) is 9.62 Å². The highest BCUT2D eigenvalue weighted by atomic mass is 32.2. The average molecular weight is 448 g/mol. The van der Waals surface area contributed by atoms with E-state index >= 15 is 0 Å². The third-order valence-electron chi connectivity index (χ3n) is 5.95. The summed E-state index contributed by atoms with van der Waals surface area (Å²) in [7, 11) is -3.49. The Bertz CT molecular complexity index is 960. The number of fused-ring (bicyclic) bond motifs is 1. The van der Waals surface area contributed by atoms with E-state index in [1.165, 1.54) is 33.3 Å². The Kier molecular flexibility index (Phi) is 6.75. The second-order valence-corrected chi connectivity index (χ2v) is 11.1. The minimum Gasteiger partial charge on any atom is -0.371 e. The van der Waals surface area contributed by atoms with Crippen LogP contribution in [0.4, 0.5) is 5.69 Å². The van der Waals surface area contributed by atoms with Gasteiger partial charge in [-0.1, -0.05) is 24.3 Å². The molecular formula is C22H29N3O3S2. The van der Waals surface area contributed by atoms with E-state index in [4.69, 9.17) is 0 Å². The molecule has 2 aromatic rings. The zero-order chi connectivity index (χ0) is 21.0. The molecule has 0 unspecified atom stereocenters. The molecule has 0 aliphatic carbocycles. The summed E-state index contributed by atoms with van der Waals surface area (Å²) in [5.74, 6) is -0.302. The number of nitrogens with one attached hydrogen (secondary N) is 1. The molecule has 1 aromatic carbocycles. The molecule has 2 aliphatic heterocycles. The molecule has 4 rings (SSSR count). The fourth-order valence-corrected chi connectivity index (χ4v) is 7.05. The van der Waals surface area contributed by atoms with E-state index < -0.39 is 10.0 Å². The predicted octanol–water partition coefficient (Wildman–Crippen LogP) is 3.11. The lowest BCUT2D eigenvalue weighted by molar-refractivity contribution is -0.126. The molecule has 6 nitrogen and oxygen atoms in total. The molecule has 1 N–H and O–H groups in total. The van der Waals surface area contributed by atoms with Crippen LogP contribution in [0.2, 0.25) is 0 Å². The summed E-state index contributed by atoms with van der Waals surface area (Å²) in [6.45, 7) is 3.35. The fraction of sp³-hybridized carbons (Fsp3) is 0.500. The second kappa shape index (κ2) is 9.49. The molecule has 1 amide bonds. The van der Waals surface area contributed by atoms with Crippen molar-refractivity contribution in [3.63, 3.8) is 0 Å². The third kappa shape index (κ3) is 4.71. The maximum absolute atomic E-state index is 12.8. The van der Waals surface area contributed by atoms with E-state index in [2.05, 4.69) is 34.5 Å². The minimum atomic E-state index is -3.49. The van der Waals surface area contributed by atoms with Crippen molar-refractivity contribution in [2.24, 2.45) is 5.92 Å². The van der Waals surface area contributed by atoms with Gasteiger partial charge >= 0.3 is 0 Å². The van der Waals surface area contributed by atoms with Crippen molar-refractivity contribution < 1.29 is 13.2 Å². The normalized spacial score (nSPS) is 20.0. The number of amides is 1. The Morgan fingerprint density at radius 1 is 1.13 bits per heavy atom. The lowest BCUT2D eigenvalue weighted by Crippen LogP contribution is -2.45. The smallest absolute Gasteiger partial charge is 0.252 e. The van der Waals surface area contributed by atoms with Gasteiger partial charge in [0.25, 0.3) is 10.0 Å². The van der Waals surface area contributed by atoms with Crippen LogP contribution in [-0.2, 0) is 21.2 Å². The van der Waals surface area contributed by atoms with E-state index in [1.54, 1.807) is 17.5 Å². The van der Waals surface area contributed by atoms with Crippen LogP contribution in [0.3, 0.4) is 0 Å². The van der Waals surface area contributed by atoms with Crippen molar-refractivity contribution in [3.05, 3.63) is 47.3 Å². The first-order valence-electron chi connectivity index (χ1n) is 10.7. The lowest BCUT2D eigenvalue weighted by Gasteiger charge is -2.32. The number of piperidine rings is 1. The van der Waals surface area contributed by atoms with Gasteiger partial charge in [0.2, 0.25) is 5.91 Å². The van der Waals surface area contributed by atoms with Gasteiger partial charge < -0.3 is 10.2 Å². The number of benzene rings is 1. The Morgan fingerprint density at radius 2 is 2.00 bits per heavy atom. The van der Waals surface area contributed by atoms with E-state index in [0.717, 1.165) is 32.4 Å². The molecule has 0 bridgehead atoms. The molecule has 3 heterocycles. The molecule has 0 radical (unpaired) electrons. The summed E-state index contributed by atoms with van der Waals surface area (Å²) in [6.07, 6.45) is 4.63. The van der Waals surface area contributed by atoms with Crippen molar-refractivity contribution in [3.8, 4) is 0 Å². The number of para-hydroxylation sites is 1. The first-order chi connectivity index (χ1) is 14.6. The van der Waals surface area contributed by atoms with E-state index in [1.807, 2.05) is 0 Å². The first-order valence-corrected chi connectivity index (χ1v) is 13.0. The monoisotopic (exact) mass is 447 g/mol. The zero-order valence-corrected chi connectivity index (χ0v) is 18.8. The van der Waals surface area contributed by atoms with Crippen molar-refractivity contribution in [2.75, 3.05) is 37.6 Å². The van der Waals surface area contributed by atoms with Gasteiger partial charge in [0, 0.05) is 38.4 Å². The number of thiophene rings is 1. The number of rotatable bonds is 7. The molecule has 1 saturated heterocycles. The van der Waals surface area contributed by atoms with Gasteiger partial charge in [-0.2, -0.15) is 4.31 Å². The molecule has 30 heavy (non-hydrogen) atoms. The van der Waals surface area contributed by atoms with Crippen LogP contribution in [0.5, 0.6) is 0 Å². The minimum absolute atomic E-state index is 0.0277. The molecule has 162 valence electrons. The SMILES string of the molecule is O=C(NCCCN1CCCc2ccccc21)[C@H]1CCCN(S(=O)(=O)c2cccs2)C1. The van der Waals surface area contributed by atoms with E-state index in [-0.39, 0.29) is 18.4 Å². The molecule has 1 aromatic heterocycles. The van der Waals surface area contributed by atoms with Crippen molar-refractivity contribution in [1.29, 1.82) is 0 Å².